The lowest BCUT2D eigenvalue weighted by Gasteiger charge is -2.36. The van der Waals surface area contributed by atoms with E-state index in [1.54, 1.807) is 18.3 Å². The number of nitrogens with zero attached hydrogens (tertiary/aromatic N) is 2. The van der Waals surface area contributed by atoms with Gasteiger partial charge in [-0.15, -0.1) is 0 Å². The lowest BCUT2D eigenvalue weighted by Crippen LogP contribution is -2.39. The van der Waals surface area contributed by atoms with Gasteiger partial charge in [-0.1, -0.05) is 0 Å². The second-order valence-electron chi connectivity index (χ2n) is 5.96. The van der Waals surface area contributed by atoms with Crippen molar-refractivity contribution in [3.05, 3.63) is 48.0 Å². The third-order valence-electron chi connectivity index (χ3n) is 4.22. The van der Waals surface area contributed by atoms with Crippen LogP contribution in [0.3, 0.4) is 0 Å². The fraction of sp³-hybridized carbons (Fsp3) is 0.389. The molecule has 4 heteroatoms. The Kier molecular flexibility index (Phi) is 4.27. The molecule has 0 spiro atoms. The summed E-state index contributed by atoms with van der Waals surface area (Å²) in [5.41, 5.74) is 0.862. The largest absolute Gasteiger partial charge is 0.455 e. The van der Waals surface area contributed by atoms with Gasteiger partial charge in [0.05, 0.1) is 6.21 Å². The summed E-state index contributed by atoms with van der Waals surface area (Å²) in [6.45, 7) is 4.41. The van der Waals surface area contributed by atoms with Gasteiger partial charge in [-0.2, -0.15) is 5.10 Å². The minimum atomic E-state index is -0.245. The molecule has 0 amide bonds. The van der Waals surface area contributed by atoms with E-state index >= 15 is 0 Å². The van der Waals surface area contributed by atoms with Crippen molar-refractivity contribution < 1.29 is 8.81 Å². The molecule has 0 aliphatic carbocycles. The van der Waals surface area contributed by atoms with Crippen LogP contribution in [-0.4, -0.2) is 23.3 Å². The molecule has 3 rings (SSSR count). The molecule has 1 aromatic heterocycles. The van der Waals surface area contributed by atoms with E-state index in [9.17, 15) is 4.39 Å². The van der Waals surface area contributed by atoms with Crippen LogP contribution in [0.15, 0.2) is 45.9 Å². The highest BCUT2D eigenvalue weighted by molar-refractivity contribution is 5.77. The molecule has 0 bridgehead atoms. The summed E-state index contributed by atoms with van der Waals surface area (Å²) >= 11 is 0. The van der Waals surface area contributed by atoms with E-state index in [0.717, 1.165) is 11.3 Å². The Morgan fingerprint density at radius 2 is 1.77 bits per heavy atom. The van der Waals surface area contributed by atoms with E-state index < -0.39 is 0 Å². The van der Waals surface area contributed by atoms with E-state index in [1.165, 1.54) is 31.4 Å². The van der Waals surface area contributed by atoms with Crippen LogP contribution >= 0.6 is 0 Å². The molecule has 0 unspecified atom stereocenters. The van der Waals surface area contributed by atoms with E-state index in [1.807, 2.05) is 12.1 Å². The molecule has 2 heterocycles. The molecule has 1 aliphatic rings. The average Bonchev–Trinajstić information content (AvgIpc) is 2.96. The molecule has 2 atom stereocenters. The summed E-state index contributed by atoms with van der Waals surface area (Å²) in [4.78, 5) is 0. The van der Waals surface area contributed by atoms with E-state index in [2.05, 4.69) is 24.0 Å². The van der Waals surface area contributed by atoms with Crippen molar-refractivity contribution in [2.24, 2.45) is 5.10 Å². The Balaban J connectivity index is 1.73. The number of hydrazone groups is 1. The van der Waals surface area contributed by atoms with E-state index in [-0.39, 0.29) is 5.82 Å². The van der Waals surface area contributed by atoms with Gasteiger partial charge in [0, 0.05) is 17.6 Å². The summed E-state index contributed by atoms with van der Waals surface area (Å²) < 4.78 is 18.7. The second-order valence-corrected chi connectivity index (χ2v) is 5.96. The molecule has 22 heavy (non-hydrogen) atoms. The summed E-state index contributed by atoms with van der Waals surface area (Å²) in [5, 5.41) is 6.75. The lowest BCUT2D eigenvalue weighted by molar-refractivity contribution is 0.109. The first-order valence-electron chi connectivity index (χ1n) is 7.81. The number of benzene rings is 1. The molecule has 1 aliphatic heterocycles. The van der Waals surface area contributed by atoms with Crippen molar-refractivity contribution in [3.63, 3.8) is 0 Å². The molecule has 1 fully saturated rings. The summed E-state index contributed by atoms with van der Waals surface area (Å²) in [5.74, 6) is 1.19. The monoisotopic (exact) mass is 300 g/mol. The maximum atomic E-state index is 13.0. The third kappa shape index (κ3) is 3.21. The van der Waals surface area contributed by atoms with Crippen LogP contribution in [0.25, 0.3) is 11.3 Å². The van der Waals surface area contributed by atoms with Crippen LogP contribution in [0.1, 0.15) is 38.9 Å². The van der Waals surface area contributed by atoms with Crippen molar-refractivity contribution >= 4 is 6.21 Å². The molecule has 3 nitrogen and oxygen atoms in total. The van der Waals surface area contributed by atoms with Gasteiger partial charge in [-0.3, -0.25) is 5.01 Å². The normalized spacial score (nSPS) is 22.4. The van der Waals surface area contributed by atoms with Gasteiger partial charge in [0.2, 0.25) is 0 Å². The summed E-state index contributed by atoms with van der Waals surface area (Å²) in [6, 6.07) is 11.0. The molecule has 2 aromatic rings. The van der Waals surface area contributed by atoms with Crippen molar-refractivity contribution in [2.75, 3.05) is 0 Å². The van der Waals surface area contributed by atoms with Crippen molar-refractivity contribution in [1.82, 2.24) is 5.01 Å². The van der Waals surface area contributed by atoms with Crippen LogP contribution in [0.2, 0.25) is 0 Å². The van der Waals surface area contributed by atoms with Crippen molar-refractivity contribution in [2.45, 2.75) is 45.2 Å². The first-order chi connectivity index (χ1) is 10.6. The van der Waals surface area contributed by atoms with Crippen LogP contribution in [0.5, 0.6) is 0 Å². The molecule has 0 saturated carbocycles. The predicted molar refractivity (Wildman–Crippen MR) is 86.3 cm³/mol. The molecular formula is C18H21FN2O. The Bertz CT molecular complexity index is 637. The van der Waals surface area contributed by atoms with Gasteiger partial charge in [-0.25, -0.2) is 4.39 Å². The number of piperidine rings is 1. The molecule has 0 N–H and O–H groups in total. The van der Waals surface area contributed by atoms with Gasteiger partial charge in [-0.05, 0) is 69.5 Å². The number of rotatable bonds is 3. The Morgan fingerprint density at radius 1 is 1.09 bits per heavy atom. The van der Waals surface area contributed by atoms with Gasteiger partial charge in [0.25, 0.3) is 0 Å². The van der Waals surface area contributed by atoms with E-state index in [0.29, 0.717) is 17.8 Å². The predicted octanol–water partition coefficient (Wildman–Crippen LogP) is 4.68. The van der Waals surface area contributed by atoms with Gasteiger partial charge in [0.1, 0.15) is 17.3 Å². The minimum Gasteiger partial charge on any atom is -0.455 e. The second kappa shape index (κ2) is 6.34. The first kappa shape index (κ1) is 14.8. The first-order valence-corrected chi connectivity index (χ1v) is 7.81. The smallest absolute Gasteiger partial charge is 0.147 e. The van der Waals surface area contributed by atoms with Crippen LogP contribution in [0.4, 0.5) is 4.39 Å². The average molecular weight is 300 g/mol. The van der Waals surface area contributed by atoms with Crippen LogP contribution in [0, 0.1) is 5.82 Å². The molecule has 1 saturated heterocycles. The maximum absolute atomic E-state index is 13.0. The Morgan fingerprint density at radius 3 is 2.45 bits per heavy atom. The number of hydrogen-bond donors (Lipinski definition) is 0. The Hall–Kier alpha value is -2.10. The highest BCUT2D eigenvalue weighted by atomic mass is 19.1. The van der Waals surface area contributed by atoms with Crippen molar-refractivity contribution in [1.29, 1.82) is 0 Å². The standard InChI is InChI=1S/C18H21FN2O/c1-13-4-3-5-14(2)21(13)20-12-17-10-11-18(22-17)15-6-8-16(19)9-7-15/h6-14H,3-5H2,1-2H3/b20-12-/t13-,14+. The minimum absolute atomic E-state index is 0.245. The molecule has 0 radical (unpaired) electrons. The topological polar surface area (TPSA) is 28.7 Å². The zero-order valence-electron chi connectivity index (χ0n) is 13.0. The Labute approximate surface area is 130 Å². The highest BCUT2D eigenvalue weighted by Crippen LogP contribution is 2.24. The molecular weight excluding hydrogens is 279 g/mol. The van der Waals surface area contributed by atoms with Crippen LogP contribution < -0.4 is 0 Å². The SMILES string of the molecule is C[C@@H]1CCC[C@H](C)N1/N=C\c1ccc(-c2ccc(F)cc2)o1. The van der Waals surface area contributed by atoms with Gasteiger partial charge in [0.15, 0.2) is 0 Å². The van der Waals surface area contributed by atoms with E-state index in [4.69, 9.17) is 4.42 Å². The fourth-order valence-corrected chi connectivity index (χ4v) is 2.95. The van der Waals surface area contributed by atoms with Crippen molar-refractivity contribution in [3.8, 4) is 11.3 Å². The van der Waals surface area contributed by atoms with Gasteiger partial charge >= 0.3 is 0 Å². The van der Waals surface area contributed by atoms with Crippen LogP contribution in [-0.2, 0) is 0 Å². The highest BCUT2D eigenvalue weighted by Gasteiger charge is 2.22. The number of hydrogen-bond acceptors (Lipinski definition) is 3. The third-order valence-corrected chi connectivity index (χ3v) is 4.22. The van der Waals surface area contributed by atoms with Gasteiger partial charge < -0.3 is 4.42 Å². The summed E-state index contributed by atoms with van der Waals surface area (Å²) in [6.07, 6.45) is 5.40. The zero-order valence-corrected chi connectivity index (χ0v) is 13.0. The quantitative estimate of drug-likeness (QED) is 0.770. The maximum Gasteiger partial charge on any atom is 0.147 e. The summed E-state index contributed by atoms with van der Waals surface area (Å²) in [7, 11) is 0. The fourth-order valence-electron chi connectivity index (χ4n) is 2.95. The zero-order chi connectivity index (χ0) is 15.5. The lowest BCUT2D eigenvalue weighted by atomic mass is 10.00. The number of furan rings is 1. The molecule has 1 aromatic carbocycles. The number of halogens is 1. The molecule has 116 valence electrons.